The Bertz CT molecular complexity index is 203. The second-order valence-electron chi connectivity index (χ2n) is 4.93. The molecule has 1 heteroatoms. The highest BCUT2D eigenvalue weighted by molar-refractivity contribution is 5.09. The van der Waals surface area contributed by atoms with E-state index in [4.69, 9.17) is 0 Å². The zero-order valence-corrected chi connectivity index (χ0v) is 9.04. The summed E-state index contributed by atoms with van der Waals surface area (Å²) in [7, 11) is 0. The number of aliphatic hydroxyl groups excluding tert-OH is 1. The lowest BCUT2D eigenvalue weighted by Gasteiger charge is -2.17. The first-order valence-corrected chi connectivity index (χ1v) is 6.23. The molecule has 2 aliphatic rings. The molecule has 0 saturated heterocycles. The summed E-state index contributed by atoms with van der Waals surface area (Å²) >= 11 is 0. The van der Waals surface area contributed by atoms with E-state index < -0.39 is 0 Å². The molecular weight excluding hydrogens is 172 g/mol. The second kappa shape index (κ2) is 4.97. The molecule has 1 nitrogen and oxygen atoms in total. The lowest BCUT2D eigenvalue weighted by molar-refractivity contribution is 0.187. The number of aliphatic hydroxyl groups is 1. The highest BCUT2D eigenvalue weighted by Crippen LogP contribution is 2.35. The zero-order chi connectivity index (χ0) is 9.80. The van der Waals surface area contributed by atoms with Gasteiger partial charge in [0.1, 0.15) is 0 Å². The van der Waals surface area contributed by atoms with E-state index in [0.29, 0.717) is 0 Å². The molecule has 1 saturated carbocycles. The summed E-state index contributed by atoms with van der Waals surface area (Å²) in [4.78, 5) is 0. The first kappa shape index (κ1) is 10.2. The molecule has 0 aromatic heterocycles. The summed E-state index contributed by atoms with van der Waals surface area (Å²) in [6.45, 7) is 0. The fourth-order valence-electron chi connectivity index (χ4n) is 2.34. The van der Waals surface area contributed by atoms with Crippen LogP contribution in [-0.4, -0.2) is 11.2 Å². The molecule has 1 fully saturated rings. The molecule has 1 unspecified atom stereocenters. The van der Waals surface area contributed by atoms with Crippen LogP contribution in [0.2, 0.25) is 0 Å². The second-order valence-corrected chi connectivity index (χ2v) is 4.93. The molecule has 0 amide bonds. The summed E-state index contributed by atoms with van der Waals surface area (Å²) in [6, 6.07) is 0. The highest BCUT2D eigenvalue weighted by atomic mass is 16.3. The van der Waals surface area contributed by atoms with Crippen LogP contribution in [0, 0.1) is 5.92 Å². The molecule has 0 aromatic carbocycles. The Morgan fingerprint density at radius 2 is 2.00 bits per heavy atom. The molecule has 0 heterocycles. The first-order valence-electron chi connectivity index (χ1n) is 6.23. The fraction of sp³-hybridized carbons (Fsp3) is 0.846. The van der Waals surface area contributed by atoms with E-state index in [9.17, 15) is 5.11 Å². The van der Waals surface area contributed by atoms with Crippen molar-refractivity contribution >= 4 is 0 Å². The average Bonchev–Trinajstić information content (AvgIpc) is 2.86. The Balaban J connectivity index is 1.84. The van der Waals surface area contributed by atoms with Crippen LogP contribution in [0.3, 0.4) is 0 Å². The molecule has 1 N–H and O–H groups in total. The standard InChI is InChI=1S/C13H22O/c14-13(10-11-8-9-11)12-6-4-2-1-3-5-7-12/h6,11,13-14H,1-5,7-10H2. The lowest BCUT2D eigenvalue weighted by atomic mass is 9.94. The third-order valence-corrected chi connectivity index (χ3v) is 3.51. The van der Waals surface area contributed by atoms with Gasteiger partial charge in [-0.1, -0.05) is 31.8 Å². The van der Waals surface area contributed by atoms with E-state index in [1.54, 1.807) is 0 Å². The largest absolute Gasteiger partial charge is 0.389 e. The number of hydrogen-bond donors (Lipinski definition) is 1. The van der Waals surface area contributed by atoms with Crippen LogP contribution >= 0.6 is 0 Å². The van der Waals surface area contributed by atoms with Crippen LogP contribution in [-0.2, 0) is 0 Å². The van der Waals surface area contributed by atoms with Gasteiger partial charge in [0.15, 0.2) is 0 Å². The topological polar surface area (TPSA) is 20.2 Å². The maximum absolute atomic E-state index is 10.0. The van der Waals surface area contributed by atoms with E-state index in [0.717, 1.165) is 18.8 Å². The molecule has 0 spiro atoms. The van der Waals surface area contributed by atoms with E-state index in [2.05, 4.69) is 6.08 Å². The molecule has 80 valence electrons. The van der Waals surface area contributed by atoms with Crippen molar-refractivity contribution in [2.45, 2.75) is 63.9 Å². The summed E-state index contributed by atoms with van der Waals surface area (Å²) in [6.07, 6.45) is 13.6. The van der Waals surface area contributed by atoms with Crippen molar-refractivity contribution in [2.24, 2.45) is 5.92 Å². The number of hydrogen-bond acceptors (Lipinski definition) is 1. The van der Waals surface area contributed by atoms with Crippen molar-refractivity contribution < 1.29 is 5.11 Å². The van der Waals surface area contributed by atoms with Crippen LogP contribution < -0.4 is 0 Å². The van der Waals surface area contributed by atoms with E-state index >= 15 is 0 Å². The predicted molar refractivity (Wildman–Crippen MR) is 59.1 cm³/mol. The predicted octanol–water partition coefficient (Wildman–Crippen LogP) is 3.43. The summed E-state index contributed by atoms with van der Waals surface area (Å²) in [5, 5.41) is 10.0. The van der Waals surface area contributed by atoms with Gasteiger partial charge in [-0.15, -0.1) is 0 Å². The minimum absolute atomic E-state index is 0.111. The van der Waals surface area contributed by atoms with E-state index in [1.807, 2.05) is 0 Å². The van der Waals surface area contributed by atoms with Crippen molar-refractivity contribution in [1.29, 1.82) is 0 Å². The van der Waals surface area contributed by atoms with Crippen LogP contribution in [0.15, 0.2) is 11.6 Å². The SMILES string of the molecule is OC(CC1CC1)C1=CCCCCCC1. The molecule has 0 aliphatic heterocycles. The fourth-order valence-corrected chi connectivity index (χ4v) is 2.34. The Morgan fingerprint density at radius 3 is 2.79 bits per heavy atom. The molecule has 0 bridgehead atoms. The van der Waals surface area contributed by atoms with Crippen molar-refractivity contribution in [1.82, 2.24) is 0 Å². The monoisotopic (exact) mass is 194 g/mol. The third-order valence-electron chi connectivity index (χ3n) is 3.51. The third kappa shape index (κ3) is 3.13. The van der Waals surface area contributed by atoms with Gasteiger partial charge in [-0.2, -0.15) is 0 Å². The molecule has 1 atom stereocenters. The van der Waals surface area contributed by atoms with Crippen molar-refractivity contribution in [3.63, 3.8) is 0 Å². The quantitative estimate of drug-likeness (QED) is 0.682. The zero-order valence-electron chi connectivity index (χ0n) is 9.04. The molecule has 14 heavy (non-hydrogen) atoms. The smallest absolute Gasteiger partial charge is 0.0752 e. The minimum Gasteiger partial charge on any atom is -0.389 e. The number of rotatable bonds is 3. The molecule has 0 aromatic rings. The van der Waals surface area contributed by atoms with Gasteiger partial charge in [0, 0.05) is 0 Å². The minimum atomic E-state index is -0.111. The highest BCUT2D eigenvalue weighted by Gasteiger charge is 2.25. The average molecular weight is 194 g/mol. The van der Waals surface area contributed by atoms with Gasteiger partial charge in [-0.05, 0) is 43.6 Å². The van der Waals surface area contributed by atoms with Gasteiger partial charge in [-0.25, -0.2) is 0 Å². The summed E-state index contributed by atoms with van der Waals surface area (Å²) < 4.78 is 0. The molecular formula is C13H22O. The van der Waals surface area contributed by atoms with Gasteiger partial charge in [0.05, 0.1) is 6.10 Å². The lowest BCUT2D eigenvalue weighted by Crippen LogP contribution is -2.12. The molecule has 2 rings (SSSR count). The molecule has 2 aliphatic carbocycles. The molecule has 0 radical (unpaired) electrons. The van der Waals surface area contributed by atoms with Gasteiger partial charge in [0.2, 0.25) is 0 Å². The maximum Gasteiger partial charge on any atom is 0.0752 e. The van der Waals surface area contributed by atoms with Crippen LogP contribution in [0.5, 0.6) is 0 Å². The van der Waals surface area contributed by atoms with Gasteiger partial charge < -0.3 is 5.11 Å². The Hall–Kier alpha value is -0.300. The van der Waals surface area contributed by atoms with Gasteiger partial charge in [-0.3, -0.25) is 0 Å². The van der Waals surface area contributed by atoms with E-state index in [1.165, 1.54) is 50.5 Å². The maximum atomic E-state index is 10.0. The summed E-state index contributed by atoms with van der Waals surface area (Å²) in [5.74, 6) is 0.844. The first-order chi connectivity index (χ1) is 6.86. The van der Waals surface area contributed by atoms with Crippen molar-refractivity contribution in [3.05, 3.63) is 11.6 Å². The summed E-state index contributed by atoms with van der Waals surface area (Å²) in [5.41, 5.74) is 1.34. The van der Waals surface area contributed by atoms with Gasteiger partial charge in [0.25, 0.3) is 0 Å². The van der Waals surface area contributed by atoms with Gasteiger partial charge >= 0.3 is 0 Å². The normalized spacial score (nSPS) is 26.2. The van der Waals surface area contributed by atoms with Crippen LogP contribution in [0.4, 0.5) is 0 Å². The van der Waals surface area contributed by atoms with E-state index in [-0.39, 0.29) is 6.10 Å². The number of allylic oxidation sites excluding steroid dienone is 1. The Morgan fingerprint density at radius 1 is 1.21 bits per heavy atom. The van der Waals surface area contributed by atoms with Crippen molar-refractivity contribution in [2.75, 3.05) is 0 Å². The van der Waals surface area contributed by atoms with Crippen molar-refractivity contribution in [3.8, 4) is 0 Å². The van der Waals surface area contributed by atoms with Crippen LogP contribution in [0.25, 0.3) is 0 Å². The van der Waals surface area contributed by atoms with Crippen LogP contribution in [0.1, 0.15) is 57.8 Å². The Labute approximate surface area is 87.2 Å². The Kier molecular flexibility index (Phi) is 3.63.